The molecule has 5 nitrogen and oxygen atoms in total. The van der Waals surface area contributed by atoms with Gasteiger partial charge in [0.2, 0.25) is 0 Å². The summed E-state index contributed by atoms with van der Waals surface area (Å²) in [5, 5.41) is 10.8. The molecule has 1 N–H and O–H groups in total. The zero-order valence-corrected chi connectivity index (χ0v) is 20.1. The number of fused-ring (bicyclic) bond motifs is 1. The molecule has 33 heavy (non-hydrogen) atoms. The molecule has 1 heterocycles. The van der Waals surface area contributed by atoms with E-state index < -0.39 is 6.10 Å². The standard InChI is InChI=1S/C28H32N2O3/c1-18-10-11-20(3)26(14-18)32-16-23(31)15-30-25-9-7-6-8-24(25)29-27(30)17-33-28-21(4)12-19(2)13-22(28)5/h6-14,23,31H,15-17H2,1-5H3. The first-order chi connectivity index (χ1) is 15.8. The quantitative estimate of drug-likeness (QED) is 0.384. The molecule has 0 amide bonds. The van der Waals surface area contributed by atoms with Gasteiger partial charge in [0, 0.05) is 0 Å². The molecule has 3 aromatic carbocycles. The summed E-state index contributed by atoms with van der Waals surface area (Å²) in [5.74, 6) is 2.47. The van der Waals surface area contributed by atoms with E-state index in [1.165, 1.54) is 5.56 Å². The highest BCUT2D eigenvalue weighted by molar-refractivity contribution is 5.75. The van der Waals surface area contributed by atoms with Crippen LogP contribution in [-0.4, -0.2) is 27.4 Å². The molecule has 0 aliphatic rings. The first kappa shape index (κ1) is 22.9. The molecule has 4 rings (SSSR count). The zero-order valence-electron chi connectivity index (χ0n) is 20.1. The summed E-state index contributed by atoms with van der Waals surface area (Å²) in [5.41, 5.74) is 7.48. The van der Waals surface area contributed by atoms with Crippen LogP contribution in [0.2, 0.25) is 0 Å². The number of imidazole rings is 1. The number of para-hydroxylation sites is 2. The van der Waals surface area contributed by atoms with Gasteiger partial charge in [0.05, 0.1) is 17.6 Å². The molecule has 0 bridgehead atoms. The fraction of sp³-hybridized carbons (Fsp3) is 0.321. The number of hydrogen-bond donors (Lipinski definition) is 1. The van der Waals surface area contributed by atoms with Crippen LogP contribution in [-0.2, 0) is 13.2 Å². The van der Waals surface area contributed by atoms with E-state index in [9.17, 15) is 5.11 Å². The van der Waals surface area contributed by atoms with Gasteiger partial charge in [-0.2, -0.15) is 0 Å². The molecule has 0 aliphatic carbocycles. The summed E-state index contributed by atoms with van der Waals surface area (Å²) in [6.45, 7) is 11.1. The second-order valence-electron chi connectivity index (χ2n) is 8.88. The van der Waals surface area contributed by atoms with Crippen LogP contribution in [0.3, 0.4) is 0 Å². The van der Waals surface area contributed by atoms with Crippen molar-refractivity contribution in [2.75, 3.05) is 6.61 Å². The molecule has 4 aromatic rings. The predicted molar refractivity (Wildman–Crippen MR) is 132 cm³/mol. The average Bonchev–Trinajstić information content (AvgIpc) is 3.11. The van der Waals surface area contributed by atoms with E-state index in [0.717, 1.165) is 50.6 Å². The summed E-state index contributed by atoms with van der Waals surface area (Å²) in [6.07, 6.45) is -0.691. The molecular formula is C28H32N2O3. The minimum absolute atomic E-state index is 0.202. The normalized spacial score (nSPS) is 12.2. The van der Waals surface area contributed by atoms with E-state index in [1.807, 2.05) is 54.8 Å². The number of hydrogen-bond acceptors (Lipinski definition) is 4. The van der Waals surface area contributed by atoms with Gasteiger partial charge >= 0.3 is 0 Å². The van der Waals surface area contributed by atoms with Crippen LogP contribution >= 0.6 is 0 Å². The fourth-order valence-electron chi connectivity index (χ4n) is 4.28. The Morgan fingerprint density at radius 2 is 1.58 bits per heavy atom. The van der Waals surface area contributed by atoms with Gasteiger partial charge in [-0.05, 0) is 75.1 Å². The van der Waals surface area contributed by atoms with Gasteiger partial charge in [0.15, 0.2) is 0 Å². The largest absolute Gasteiger partial charge is 0.491 e. The lowest BCUT2D eigenvalue weighted by molar-refractivity contribution is 0.0914. The van der Waals surface area contributed by atoms with Crippen molar-refractivity contribution in [3.8, 4) is 11.5 Å². The van der Waals surface area contributed by atoms with Crippen molar-refractivity contribution in [1.29, 1.82) is 0 Å². The summed E-state index contributed by atoms with van der Waals surface area (Å²) in [6, 6.07) is 18.3. The average molecular weight is 445 g/mol. The Kier molecular flexibility index (Phi) is 6.70. The molecule has 0 fully saturated rings. The van der Waals surface area contributed by atoms with Crippen molar-refractivity contribution in [2.24, 2.45) is 0 Å². The number of aliphatic hydroxyl groups excluding tert-OH is 1. The number of rotatable bonds is 8. The van der Waals surface area contributed by atoms with Gasteiger partial charge in [0.1, 0.15) is 36.6 Å². The molecule has 0 radical (unpaired) electrons. The summed E-state index contributed by atoms with van der Waals surface area (Å²) in [7, 11) is 0. The van der Waals surface area contributed by atoms with E-state index in [0.29, 0.717) is 13.2 Å². The summed E-state index contributed by atoms with van der Waals surface area (Å²) >= 11 is 0. The highest BCUT2D eigenvalue weighted by atomic mass is 16.5. The second kappa shape index (κ2) is 9.67. The van der Waals surface area contributed by atoms with Crippen LogP contribution in [0.4, 0.5) is 0 Å². The molecule has 1 atom stereocenters. The minimum Gasteiger partial charge on any atom is -0.491 e. The van der Waals surface area contributed by atoms with Gasteiger partial charge < -0.3 is 19.1 Å². The van der Waals surface area contributed by atoms with E-state index in [-0.39, 0.29) is 6.61 Å². The van der Waals surface area contributed by atoms with Crippen LogP contribution in [0, 0.1) is 34.6 Å². The Morgan fingerprint density at radius 1 is 0.848 bits per heavy atom. The third-order valence-corrected chi connectivity index (χ3v) is 5.85. The third-order valence-electron chi connectivity index (χ3n) is 5.85. The zero-order chi connectivity index (χ0) is 23.5. The van der Waals surface area contributed by atoms with Gasteiger partial charge in [-0.15, -0.1) is 0 Å². The molecular weight excluding hydrogens is 412 g/mol. The molecule has 0 spiro atoms. The molecule has 1 unspecified atom stereocenters. The van der Waals surface area contributed by atoms with Gasteiger partial charge in [-0.1, -0.05) is 42.0 Å². The number of aryl methyl sites for hydroxylation is 5. The molecule has 1 aromatic heterocycles. The maximum atomic E-state index is 10.8. The van der Waals surface area contributed by atoms with Crippen LogP contribution in [0.15, 0.2) is 54.6 Å². The first-order valence-corrected chi connectivity index (χ1v) is 11.3. The monoisotopic (exact) mass is 444 g/mol. The maximum absolute atomic E-state index is 10.8. The van der Waals surface area contributed by atoms with Crippen LogP contribution in [0.25, 0.3) is 11.0 Å². The molecule has 0 aliphatic heterocycles. The highest BCUT2D eigenvalue weighted by Gasteiger charge is 2.16. The number of aromatic nitrogens is 2. The highest BCUT2D eigenvalue weighted by Crippen LogP contribution is 2.26. The molecule has 0 saturated carbocycles. The van der Waals surface area contributed by atoms with E-state index in [2.05, 4.69) is 39.0 Å². The molecule has 0 saturated heterocycles. The lowest BCUT2D eigenvalue weighted by Gasteiger charge is -2.18. The fourth-order valence-corrected chi connectivity index (χ4v) is 4.28. The Balaban J connectivity index is 1.53. The third kappa shape index (κ3) is 5.20. The van der Waals surface area contributed by atoms with Gasteiger partial charge in [-0.3, -0.25) is 0 Å². The molecule has 172 valence electrons. The van der Waals surface area contributed by atoms with Gasteiger partial charge in [0.25, 0.3) is 0 Å². The number of aliphatic hydroxyl groups is 1. The van der Waals surface area contributed by atoms with Crippen molar-refractivity contribution in [3.63, 3.8) is 0 Å². The SMILES string of the molecule is Cc1cc(C)c(OCc2nc3ccccc3n2CC(O)COc2cc(C)ccc2C)c(C)c1. The van der Waals surface area contributed by atoms with Crippen LogP contribution in [0.5, 0.6) is 11.5 Å². The lowest BCUT2D eigenvalue weighted by atomic mass is 10.1. The smallest absolute Gasteiger partial charge is 0.148 e. The van der Waals surface area contributed by atoms with E-state index >= 15 is 0 Å². The predicted octanol–water partition coefficient (Wildman–Crippen LogP) is 5.60. The number of nitrogens with zero attached hydrogens (tertiary/aromatic N) is 2. The maximum Gasteiger partial charge on any atom is 0.148 e. The minimum atomic E-state index is -0.691. The Bertz CT molecular complexity index is 1250. The first-order valence-electron chi connectivity index (χ1n) is 11.3. The van der Waals surface area contributed by atoms with Crippen LogP contribution < -0.4 is 9.47 Å². The lowest BCUT2D eigenvalue weighted by Crippen LogP contribution is -2.25. The van der Waals surface area contributed by atoms with Crippen molar-refractivity contribution in [1.82, 2.24) is 9.55 Å². The van der Waals surface area contributed by atoms with E-state index in [1.54, 1.807) is 0 Å². The van der Waals surface area contributed by atoms with E-state index in [4.69, 9.17) is 14.5 Å². The Hall–Kier alpha value is -3.31. The van der Waals surface area contributed by atoms with Crippen molar-refractivity contribution in [3.05, 3.63) is 88.2 Å². The van der Waals surface area contributed by atoms with Crippen molar-refractivity contribution in [2.45, 2.75) is 53.9 Å². The van der Waals surface area contributed by atoms with Gasteiger partial charge in [-0.25, -0.2) is 4.98 Å². The number of benzene rings is 3. The second-order valence-corrected chi connectivity index (χ2v) is 8.88. The number of ether oxygens (including phenoxy) is 2. The summed E-state index contributed by atoms with van der Waals surface area (Å²) < 4.78 is 14.2. The van der Waals surface area contributed by atoms with Crippen molar-refractivity contribution >= 4 is 11.0 Å². The summed E-state index contributed by atoms with van der Waals surface area (Å²) in [4.78, 5) is 4.79. The topological polar surface area (TPSA) is 56.5 Å². The Morgan fingerprint density at radius 3 is 2.33 bits per heavy atom. The van der Waals surface area contributed by atoms with Crippen molar-refractivity contribution < 1.29 is 14.6 Å². The van der Waals surface area contributed by atoms with Crippen LogP contribution in [0.1, 0.15) is 33.6 Å². The molecule has 5 heteroatoms. The Labute approximate surface area is 195 Å².